The first-order chi connectivity index (χ1) is 15.5. The van der Waals surface area contributed by atoms with Crippen molar-refractivity contribution in [2.75, 3.05) is 0 Å². The quantitative estimate of drug-likeness (QED) is 0.423. The molecular formula is C23H25N3O5S2. The molecule has 3 aromatic rings. The highest BCUT2D eigenvalue weighted by molar-refractivity contribution is 7.89. The number of nitrogens with one attached hydrogen (secondary N) is 2. The Kier molecular flexibility index (Phi) is 7.65. The zero-order valence-corrected chi connectivity index (χ0v) is 19.6. The molecule has 0 aliphatic rings. The molecule has 0 aliphatic carbocycles. The number of benzene rings is 3. The topological polar surface area (TPSA) is 135 Å². The predicted octanol–water partition coefficient (Wildman–Crippen LogP) is 1.85. The lowest BCUT2D eigenvalue weighted by Gasteiger charge is -2.19. The second-order valence-electron chi connectivity index (χ2n) is 7.58. The van der Waals surface area contributed by atoms with E-state index in [2.05, 4.69) is 10.0 Å². The van der Waals surface area contributed by atoms with Crippen LogP contribution in [0.3, 0.4) is 0 Å². The minimum Gasteiger partial charge on any atom is -0.351 e. The van der Waals surface area contributed by atoms with Gasteiger partial charge in [0, 0.05) is 6.54 Å². The summed E-state index contributed by atoms with van der Waals surface area (Å²) in [7, 11) is -7.75. The monoisotopic (exact) mass is 487 g/mol. The first-order valence-corrected chi connectivity index (χ1v) is 13.1. The van der Waals surface area contributed by atoms with E-state index in [0.29, 0.717) is 5.56 Å². The molecule has 0 spiro atoms. The van der Waals surface area contributed by atoms with Crippen molar-refractivity contribution >= 4 is 26.0 Å². The summed E-state index contributed by atoms with van der Waals surface area (Å²) in [6.07, 6.45) is 0.155. The average Bonchev–Trinajstić information content (AvgIpc) is 2.77. The van der Waals surface area contributed by atoms with Crippen molar-refractivity contribution in [3.8, 4) is 0 Å². The van der Waals surface area contributed by atoms with E-state index < -0.39 is 32.0 Å². The van der Waals surface area contributed by atoms with Crippen LogP contribution in [0, 0.1) is 6.92 Å². The molecule has 0 saturated carbocycles. The van der Waals surface area contributed by atoms with Crippen LogP contribution in [0.5, 0.6) is 0 Å². The summed E-state index contributed by atoms with van der Waals surface area (Å²) in [6, 6.07) is 20.1. The van der Waals surface area contributed by atoms with Gasteiger partial charge in [-0.3, -0.25) is 4.79 Å². The van der Waals surface area contributed by atoms with Gasteiger partial charge in [-0.2, -0.15) is 4.72 Å². The lowest BCUT2D eigenvalue weighted by Crippen LogP contribution is -2.47. The van der Waals surface area contributed by atoms with E-state index in [0.717, 1.165) is 11.1 Å². The van der Waals surface area contributed by atoms with Gasteiger partial charge in [0.15, 0.2) is 0 Å². The van der Waals surface area contributed by atoms with Crippen LogP contribution in [0.4, 0.5) is 0 Å². The maximum atomic E-state index is 13.0. The highest BCUT2D eigenvalue weighted by Crippen LogP contribution is 2.13. The van der Waals surface area contributed by atoms with Gasteiger partial charge >= 0.3 is 0 Å². The van der Waals surface area contributed by atoms with E-state index in [1.807, 2.05) is 37.3 Å². The third kappa shape index (κ3) is 6.96. The summed E-state index contributed by atoms with van der Waals surface area (Å²) < 4.78 is 51.1. The van der Waals surface area contributed by atoms with Crippen LogP contribution in [0.1, 0.15) is 16.7 Å². The molecule has 0 unspecified atom stereocenters. The summed E-state index contributed by atoms with van der Waals surface area (Å²) in [5.41, 5.74) is 2.35. The number of rotatable bonds is 9. The van der Waals surface area contributed by atoms with Crippen LogP contribution in [0.15, 0.2) is 88.7 Å². The lowest BCUT2D eigenvalue weighted by atomic mass is 10.1. The van der Waals surface area contributed by atoms with Crippen LogP contribution < -0.4 is 15.2 Å². The van der Waals surface area contributed by atoms with Gasteiger partial charge in [0.05, 0.1) is 9.79 Å². The standard InChI is InChI=1S/C23H25N3O5S2/c1-17-7-11-21(12-8-17)33(30,31)26-22(15-18-5-3-2-4-6-18)23(27)25-16-19-9-13-20(14-10-19)32(24,28)29/h2-14,22,26H,15-16H2,1H3,(H,25,27)(H2,24,28,29)/t22-/m0/s1. The highest BCUT2D eigenvalue weighted by Gasteiger charge is 2.26. The number of sulfonamides is 2. The maximum Gasteiger partial charge on any atom is 0.241 e. The van der Waals surface area contributed by atoms with Gasteiger partial charge in [-0.25, -0.2) is 22.0 Å². The van der Waals surface area contributed by atoms with Crippen LogP contribution in [-0.2, 0) is 37.8 Å². The molecule has 1 atom stereocenters. The molecule has 1 amide bonds. The predicted molar refractivity (Wildman–Crippen MR) is 125 cm³/mol. The molecule has 174 valence electrons. The first-order valence-electron chi connectivity index (χ1n) is 10.1. The normalized spacial score (nSPS) is 12.8. The Balaban J connectivity index is 1.77. The third-order valence-corrected chi connectivity index (χ3v) is 7.36. The fourth-order valence-corrected chi connectivity index (χ4v) is 4.83. The molecular weight excluding hydrogens is 462 g/mol. The Morgan fingerprint density at radius 1 is 0.818 bits per heavy atom. The minimum absolute atomic E-state index is 0.0367. The SMILES string of the molecule is Cc1ccc(S(=O)(=O)N[C@@H](Cc2ccccc2)C(=O)NCc2ccc(S(N)(=O)=O)cc2)cc1. The van der Waals surface area contributed by atoms with Crippen LogP contribution in [-0.4, -0.2) is 28.8 Å². The van der Waals surface area contributed by atoms with Gasteiger partial charge in [0.1, 0.15) is 6.04 Å². The Hall–Kier alpha value is -3.05. The van der Waals surface area contributed by atoms with Gasteiger partial charge in [0.2, 0.25) is 26.0 Å². The zero-order valence-electron chi connectivity index (χ0n) is 17.9. The van der Waals surface area contributed by atoms with E-state index in [9.17, 15) is 21.6 Å². The van der Waals surface area contributed by atoms with E-state index in [1.165, 1.54) is 36.4 Å². The van der Waals surface area contributed by atoms with Crippen molar-refractivity contribution in [1.82, 2.24) is 10.0 Å². The number of hydrogen-bond acceptors (Lipinski definition) is 5. The second kappa shape index (κ2) is 10.3. The number of carbonyl (C=O) groups is 1. The largest absolute Gasteiger partial charge is 0.351 e. The Morgan fingerprint density at radius 3 is 1.97 bits per heavy atom. The van der Waals surface area contributed by atoms with Gasteiger partial charge in [-0.05, 0) is 48.7 Å². The first kappa shape index (κ1) is 24.6. The summed E-state index contributed by atoms with van der Waals surface area (Å²) in [4.78, 5) is 13.0. The zero-order chi connectivity index (χ0) is 24.1. The van der Waals surface area contributed by atoms with Crippen molar-refractivity contribution in [2.24, 2.45) is 5.14 Å². The Labute approximate surface area is 193 Å². The van der Waals surface area contributed by atoms with Crippen molar-refractivity contribution in [3.05, 3.63) is 95.6 Å². The molecule has 0 aromatic heterocycles. The van der Waals surface area contributed by atoms with Gasteiger partial charge in [-0.1, -0.05) is 60.2 Å². The molecule has 10 heteroatoms. The molecule has 0 fully saturated rings. The van der Waals surface area contributed by atoms with Crippen molar-refractivity contribution in [1.29, 1.82) is 0 Å². The molecule has 3 rings (SSSR count). The van der Waals surface area contributed by atoms with E-state index in [4.69, 9.17) is 5.14 Å². The molecule has 33 heavy (non-hydrogen) atoms. The minimum atomic E-state index is -3.94. The fraction of sp³-hybridized carbons (Fsp3) is 0.174. The molecule has 8 nitrogen and oxygen atoms in total. The molecule has 0 aliphatic heterocycles. The van der Waals surface area contributed by atoms with E-state index in [1.54, 1.807) is 12.1 Å². The number of amides is 1. The smallest absolute Gasteiger partial charge is 0.241 e. The molecule has 0 radical (unpaired) electrons. The summed E-state index contributed by atoms with van der Waals surface area (Å²) in [6.45, 7) is 1.94. The second-order valence-corrected chi connectivity index (χ2v) is 10.9. The Morgan fingerprint density at radius 2 is 1.39 bits per heavy atom. The molecule has 0 bridgehead atoms. The van der Waals surface area contributed by atoms with Crippen LogP contribution in [0.2, 0.25) is 0 Å². The number of nitrogens with two attached hydrogens (primary N) is 1. The number of carbonyl (C=O) groups excluding carboxylic acids is 1. The van der Waals surface area contributed by atoms with Gasteiger partial charge in [-0.15, -0.1) is 0 Å². The van der Waals surface area contributed by atoms with Crippen molar-refractivity contribution < 1.29 is 21.6 Å². The van der Waals surface area contributed by atoms with Crippen LogP contribution >= 0.6 is 0 Å². The van der Waals surface area contributed by atoms with Crippen LogP contribution in [0.25, 0.3) is 0 Å². The number of hydrogen-bond donors (Lipinski definition) is 3. The average molecular weight is 488 g/mol. The molecule has 0 heterocycles. The summed E-state index contributed by atoms with van der Waals surface area (Å²) in [5, 5.41) is 7.81. The fourth-order valence-electron chi connectivity index (χ4n) is 3.12. The number of aryl methyl sites for hydroxylation is 1. The maximum absolute atomic E-state index is 13.0. The van der Waals surface area contributed by atoms with E-state index >= 15 is 0 Å². The van der Waals surface area contributed by atoms with Gasteiger partial charge in [0.25, 0.3) is 0 Å². The molecule has 4 N–H and O–H groups in total. The number of primary sulfonamides is 1. The Bertz CT molecular complexity index is 1310. The third-order valence-electron chi connectivity index (χ3n) is 4.95. The molecule has 0 saturated heterocycles. The summed E-state index contributed by atoms with van der Waals surface area (Å²) >= 11 is 0. The van der Waals surface area contributed by atoms with Crippen molar-refractivity contribution in [3.63, 3.8) is 0 Å². The lowest BCUT2D eigenvalue weighted by molar-refractivity contribution is -0.122. The highest BCUT2D eigenvalue weighted by atomic mass is 32.2. The van der Waals surface area contributed by atoms with E-state index in [-0.39, 0.29) is 22.8 Å². The summed E-state index contributed by atoms with van der Waals surface area (Å²) in [5.74, 6) is -0.509. The van der Waals surface area contributed by atoms with Crippen molar-refractivity contribution in [2.45, 2.75) is 35.7 Å². The molecule has 3 aromatic carbocycles. The van der Waals surface area contributed by atoms with Gasteiger partial charge < -0.3 is 5.32 Å².